The van der Waals surface area contributed by atoms with Crippen molar-refractivity contribution < 1.29 is 14.4 Å². The molecule has 0 aliphatic carbocycles. The van der Waals surface area contributed by atoms with E-state index in [1.54, 1.807) is 0 Å². The van der Waals surface area contributed by atoms with Crippen LogP contribution in [0.4, 0.5) is 0 Å². The highest BCUT2D eigenvalue weighted by Gasteiger charge is 2.25. The van der Waals surface area contributed by atoms with Crippen LogP contribution in [0.15, 0.2) is 35.4 Å². The molecule has 2 heterocycles. The van der Waals surface area contributed by atoms with Gasteiger partial charge in [0, 0.05) is 58.5 Å². The Labute approximate surface area is 190 Å². The number of rotatable bonds is 8. The highest BCUT2D eigenvalue weighted by molar-refractivity contribution is 6.02. The lowest BCUT2D eigenvalue weighted by Gasteiger charge is -2.25. The number of nitrogens with zero attached hydrogens (tertiary/aromatic N) is 5. The van der Waals surface area contributed by atoms with Crippen molar-refractivity contribution in [1.29, 1.82) is 0 Å². The molecule has 1 aromatic rings. The molecule has 8 heteroatoms. The van der Waals surface area contributed by atoms with Crippen LogP contribution in [0.3, 0.4) is 0 Å². The number of hydrazone groups is 1. The second-order valence-electron chi connectivity index (χ2n) is 8.26. The van der Waals surface area contributed by atoms with Crippen molar-refractivity contribution in [3.8, 4) is 0 Å². The van der Waals surface area contributed by atoms with Crippen LogP contribution in [0.1, 0.15) is 45.1 Å². The fourth-order valence-electron chi connectivity index (χ4n) is 4.22. The third-order valence-corrected chi connectivity index (χ3v) is 6.17. The van der Waals surface area contributed by atoms with Crippen molar-refractivity contribution in [2.45, 2.75) is 39.5 Å². The van der Waals surface area contributed by atoms with Gasteiger partial charge in [-0.3, -0.25) is 19.3 Å². The number of hydrogen-bond donors (Lipinski definition) is 0. The van der Waals surface area contributed by atoms with E-state index in [2.05, 4.69) is 10.0 Å². The maximum atomic E-state index is 12.7. The fourth-order valence-corrected chi connectivity index (χ4v) is 4.22. The van der Waals surface area contributed by atoms with E-state index < -0.39 is 0 Å². The summed E-state index contributed by atoms with van der Waals surface area (Å²) in [4.78, 5) is 43.4. The van der Waals surface area contributed by atoms with E-state index in [-0.39, 0.29) is 30.6 Å². The summed E-state index contributed by atoms with van der Waals surface area (Å²) in [5.74, 6) is 0.0358. The standard InChI is InChI=1S/C24H35N5O3/c1-3-27(4-2)24(32)19-26-14-8-15-28(18-17-26)22(30)11-12-23(31)29-16-13-21(25-29)20-9-6-5-7-10-20/h5-7,9-10H,3-4,8,11-19H2,1-2H3. The largest absolute Gasteiger partial charge is 0.342 e. The number of carbonyl (C=O) groups excluding carboxylic acids is 3. The Morgan fingerprint density at radius 3 is 2.34 bits per heavy atom. The molecule has 0 atom stereocenters. The number of amides is 3. The minimum absolute atomic E-state index is 0.00160. The Morgan fingerprint density at radius 1 is 0.906 bits per heavy atom. The summed E-state index contributed by atoms with van der Waals surface area (Å²) in [7, 11) is 0. The fraction of sp³-hybridized carbons (Fsp3) is 0.583. The number of benzene rings is 1. The van der Waals surface area contributed by atoms with E-state index in [1.165, 1.54) is 5.01 Å². The van der Waals surface area contributed by atoms with Crippen LogP contribution in [0, 0.1) is 0 Å². The molecule has 32 heavy (non-hydrogen) atoms. The van der Waals surface area contributed by atoms with Gasteiger partial charge in [0.2, 0.25) is 17.7 Å². The van der Waals surface area contributed by atoms with Crippen LogP contribution >= 0.6 is 0 Å². The van der Waals surface area contributed by atoms with Crippen LogP contribution in [0.25, 0.3) is 0 Å². The second kappa shape index (κ2) is 11.8. The van der Waals surface area contributed by atoms with E-state index in [4.69, 9.17) is 0 Å². The molecule has 0 N–H and O–H groups in total. The highest BCUT2D eigenvalue weighted by atomic mass is 16.2. The van der Waals surface area contributed by atoms with Gasteiger partial charge in [0.15, 0.2) is 0 Å². The summed E-state index contributed by atoms with van der Waals surface area (Å²) in [5, 5.41) is 5.96. The van der Waals surface area contributed by atoms with Crippen molar-refractivity contribution in [1.82, 2.24) is 19.7 Å². The third kappa shape index (κ3) is 6.38. The molecule has 0 spiro atoms. The summed E-state index contributed by atoms with van der Waals surface area (Å²) < 4.78 is 0. The first-order chi connectivity index (χ1) is 15.5. The molecule has 1 saturated heterocycles. The minimum atomic E-state index is -0.106. The molecule has 1 fully saturated rings. The van der Waals surface area contributed by atoms with Gasteiger partial charge in [-0.25, -0.2) is 5.01 Å². The minimum Gasteiger partial charge on any atom is -0.342 e. The van der Waals surface area contributed by atoms with Crippen molar-refractivity contribution in [2.24, 2.45) is 5.10 Å². The average molecular weight is 442 g/mol. The number of hydrogen-bond acceptors (Lipinski definition) is 5. The monoisotopic (exact) mass is 441 g/mol. The van der Waals surface area contributed by atoms with Gasteiger partial charge in [-0.15, -0.1) is 0 Å². The summed E-state index contributed by atoms with van der Waals surface area (Å²) in [6, 6.07) is 9.87. The van der Waals surface area contributed by atoms with Gasteiger partial charge in [0.25, 0.3) is 0 Å². The van der Waals surface area contributed by atoms with E-state index in [9.17, 15) is 14.4 Å². The van der Waals surface area contributed by atoms with Crippen molar-refractivity contribution in [2.75, 3.05) is 52.4 Å². The molecule has 1 aromatic carbocycles. The van der Waals surface area contributed by atoms with Gasteiger partial charge < -0.3 is 9.80 Å². The molecule has 0 saturated carbocycles. The Bertz CT molecular complexity index is 822. The van der Waals surface area contributed by atoms with E-state index in [0.29, 0.717) is 32.7 Å². The Morgan fingerprint density at radius 2 is 1.62 bits per heavy atom. The zero-order chi connectivity index (χ0) is 22.9. The first kappa shape index (κ1) is 23.9. The van der Waals surface area contributed by atoms with E-state index in [0.717, 1.165) is 43.8 Å². The van der Waals surface area contributed by atoms with E-state index in [1.807, 2.05) is 54.0 Å². The molecule has 3 rings (SSSR count). The summed E-state index contributed by atoms with van der Waals surface area (Å²) in [5.41, 5.74) is 1.95. The Balaban J connectivity index is 1.44. The molecule has 0 aromatic heterocycles. The summed E-state index contributed by atoms with van der Waals surface area (Å²) in [6.45, 7) is 9.13. The highest BCUT2D eigenvalue weighted by Crippen LogP contribution is 2.15. The smallest absolute Gasteiger partial charge is 0.243 e. The molecule has 2 aliphatic rings. The molecule has 0 bridgehead atoms. The number of carbonyl (C=O) groups is 3. The first-order valence-electron chi connectivity index (χ1n) is 11.7. The van der Waals surface area contributed by atoms with Gasteiger partial charge in [-0.05, 0) is 25.8 Å². The predicted molar refractivity (Wildman–Crippen MR) is 124 cm³/mol. The molecule has 2 aliphatic heterocycles. The van der Waals surface area contributed by atoms with Gasteiger partial charge in [-0.1, -0.05) is 30.3 Å². The van der Waals surface area contributed by atoms with Gasteiger partial charge in [0.05, 0.1) is 18.8 Å². The quantitative estimate of drug-likeness (QED) is 0.617. The summed E-state index contributed by atoms with van der Waals surface area (Å²) in [6.07, 6.45) is 1.94. The Kier molecular flexibility index (Phi) is 8.79. The molecule has 0 radical (unpaired) electrons. The van der Waals surface area contributed by atoms with Gasteiger partial charge in [-0.2, -0.15) is 5.10 Å². The van der Waals surface area contributed by atoms with Crippen molar-refractivity contribution in [3.05, 3.63) is 35.9 Å². The lowest BCUT2D eigenvalue weighted by atomic mass is 10.1. The molecule has 174 valence electrons. The lowest BCUT2D eigenvalue weighted by Crippen LogP contribution is -2.42. The normalized spacial score (nSPS) is 17.1. The van der Waals surface area contributed by atoms with E-state index >= 15 is 0 Å². The first-order valence-corrected chi connectivity index (χ1v) is 11.7. The van der Waals surface area contributed by atoms with Crippen molar-refractivity contribution >= 4 is 23.4 Å². The molecule has 0 unspecified atom stereocenters. The predicted octanol–water partition coefficient (Wildman–Crippen LogP) is 1.81. The van der Waals surface area contributed by atoms with Gasteiger partial charge in [0.1, 0.15) is 0 Å². The summed E-state index contributed by atoms with van der Waals surface area (Å²) >= 11 is 0. The SMILES string of the molecule is CCN(CC)C(=O)CN1CCCN(C(=O)CCC(=O)N2CCC(c3ccccc3)=N2)CC1. The number of likely N-dealkylation sites (N-methyl/N-ethyl adjacent to an activating group) is 1. The zero-order valence-corrected chi connectivity index (χ0v) is 19.3. The second-order valence-corrected chi connectivity index (χ2v) is 8.26. The molecule has 8 nitrogen and oxygen atoms in total. The van der Waals surface area contributed by atoms with Crippen LogP contribution in [0.2, 0.25) is 0 Å². The van der Waals surface area contributed by atoms with Crippen LogP contribution in [-0.4, -0.2) is 95.5 Å². The van der Waals surface area contributed by atoms with Gasteiger partial charge >= 0.3 is 0 Å². The van der Waals surface area contributed by atoms with Crippen LogP contribution in [0.5, 0.6) is 0 Å². The lowest BCUT2D eigenvalue weighted by molar-refractivity contribution is -0.136. The maximum absolute atomic E-state index is 12.7. The van der Waals surface area contributed by atoms with Crippen LogP contribution < -0.4 is 0 Å². The van der Waals surface area contributed by atoms with Crippen LogP contribution in [-0.2, 0) is 14.4 Å². The van der Waals surface area contributed by atoms with Crippen molar-refractivity contribution in [3.63, 3.8) is 0 Å². The third-order valence-electron chi connectivity index (χ3n) is 6.17. The molecule has 3 amide bonds. The molecular formula is C24H35N5O3. The molecular weight excluding hydrogens is 406 g/mol. The average Bonchev–Trinajstić information content (AvgIpc) is 3.20. The zero-order valence-electron chi connectivity index (χ0n) is 19.3. The maximum Gasteiger partial charge on any atom is 0.243 e. The Hall–Kier alpha value is -2.74. The topological polar surface area (TPSA) is 76.5 Å².